The number of carbonyl (C=O) groups is 1. The first-order valence-electron chi connectivity index (χ1n) is 7.30. The average Bonchev–Trinajstić information content (AvgIpc) is 3.21. The Balaban J connectivity index is 1.55. The van der Waals surface area contributed by atoms with Crippen LogP contribution in [0.3, 0.4) is 0 Å². The van der Waals surface area contributed by atoms with Crippen molar-refractivity contribution in [2.24, 2.45) is 0 Å². The third-order valence-electron chi connectivity index (χ3n) is 3.70. The van der Waals surface area contributed by atoms with Gasteiger partial charge in [-0.3, -0.25) is 4.79 Å². The molecule has 0 aliphatic carbocycles. The third-order valence-corrected chi connectivity index (χ3v) is 3.70. The van der Waals surface area contributed by atoms with Crippen molar-refractivity contribution in [1.82, 2.24) is 15.0 Å². The Kier molecular flexibility index (Phi) is 4.41. The molecule has 0 spiro atoms. The molecule has 1 saturated heterocycles. The summed E-state index contributed by atoms with van der Waals surface area (Å²) >= 11 is 0. The monoisotopic (exact) mass is 341 g/mol. The summed E-state index contributed by atoms with van der Waals surface area (Å²) in [5.74, 6) is -1.42. The van der Waals surface area contributed by atoms with Gasteiger partial charge in [0.1, 0.15) is 5.75 Å². The molecule has 2 aromatic rings. The molecule has 1 amide bonds. The number of halogens is 3. The number of ether oxygens (including phenoxy) is 1. The molecule has 1 fully saturated rings. The van der Waals surface area contributed by atoms with Gasteiger partial charge in [0.05, 0.1) is 0 Å². The topological polar surface area (TPSA) is 68.5 Å². The molecule has 1 aromatic heterocycles. The summed E-state index contributed by atoms with van der Waals surface area (Å²) in [6.07, 6.45) is -4.18. The van der Waals surface area contributed by atoms with Gasteiger partial charge in [-0.1, -0.05) is 23.4 Å². The molecule has 0 N–H and O–H groups in total. The fraction of sp³-hybridized carbons (Fsp3) is 0.400. The van der Waals surface area contributed by atoms with Gasteiger partial charge in [-0.05, 0) is 18.6 Å². The van der Waals surface area contributed by atoms with E-state index in [0.29, 0.717) is 18.7 Å². The minimum Gasteiger partial charge on any atom is -0.484 e. The highest BCUT2D eigenvalue weighted by molar-refractivity contribution is 5.78. The standard InChI is InChI=1S/C15H14F3N3O3/c16-15(17,18)14-19-13(20-24-14)10-6-7-21(8-10)12(22)9-23-11-4-2-1-3-5-11/h1-5,10H,6-9H2. The molecule has 1 atom stereocenters. The van der Waals surface area contributed by atoms with Crippen LogP contribution in [0.15, 0.2) is 34.9 Å². The van der Waals surface area contributed by atoms with Crippen LogP contribution in [0, 0.1) is 0 Å². The maximum Gasteiger partial charge on any atom is 0.471 e. The summed E-state index contributed by atoms with van der Waals surface area (Å²) in [5, 5.41) is 3.38. The van der Waals surface area contributed by atoms with Crippen LogP contribution in [0.4, 0.5) is 13.2 Å². The van der Waals surface area contributed by atoms with Gasteiger partial charge in [0, 0.05) is 19.0 Å². The Labute approximate surface area is 135 Å². The lowest BCUT2D eigenvalue weighted by molar-refractivity contribution is -0.159. The Morgan fingerprint density at radius 1 is 1.33 bits per heavy atom. The molecule has 1 aliphatic heterocycles. The molecule has 0 bridgehead atoms. The Morgan fingerprint density at radius 3 is 2.75 bits per heavy atom. The van der Waals surface area contributed by atoms with Crippen LogP contribution < -0.4 is 4.74 Å². The van der Waals surface area contributed by atoms with Crippen LogP contribution in [0.25, 0.3) is 0 Å². The first kappa shape index (κ1) is 16.3. The van der Waals surface area contributed by atoms with Crippen molar-refractivity contribution in [3.8, 4) is 5.75 Å². The smallest absolute Gasteiger partial charge is 0.471 e. The zero-order chi connectivity index (χ0) is 17.2. The fourth-order valence-corrected chi connectivity index (χ4v) is 2.47. The molecule has 24 heavy (non-hydrogen) atoms. The lowest BCUT2D eigenvalue weighted by Crippen LogP contribution is -2.32. The molecule has 128 valence electrons. The Hall–Kier alpha value is -2.58. The molecule has 1 aliphatic rings. The number of carbonyl (C=O) groups excluding carboxylic acids is 1. The van der Waals surface area contributed by atoms with E-state index in [1.807, 2.05) is 6.07 Å². The number of alkyl halides is 3. The number of amides is 1. The van der Waals surface area contributed by atoms with Gasteiger partial charge < -0.3 is 14.2 Å². The van der Waals surface area contributed by atoms with Gasteiger partial charge in [0.25, 0.3) is 5.91 Å². The molecule has 0 saturated carbocycles. The second kappa shape index (κ2) is 6.50. The molecule has 1 unspecified atom stereocenters. The number of rotatable bonds is 4. The maximum atomic E-state index is 12.5. The predicted molar refractivity (Wildman–Crippen MR) is 75.2 cm³/mol. The summed E-state index contributed by atoms with van der Waals surface area (Å²) < 4.78 is 47.0. The number of benzene rings is 1. The van der Waals surface area contributed by atoms with E-state index in [1.54, 1.807) is 24.3 Å². The largest absolute Gasteiger partial charge is 0.484 e. The minimum atomic E-state index is -4.66. The number of nitrogens with zero attached hydrogens (tertiary/aromatic N) is 3. The summed E-state index contributed by atoms with van der Waals surface area (Å²) in [4.78, 5) is 17.0. The third kappa shape index (κ3) is 3.66. The summed E-state index contributed by atoms with van der Waals surface area (Å²) in [5.41, 5.74) is 0. The van der Waals surface area contributed by atoms with E-state index in [2.05, 4.69) is 14.7 Å². The molecular formula is C15H14F3N3O3. The van der Waals surface area contributed by atoms with E-state index >= 15 is 0 Å². The van der Waals surface area contributed by atoms with Crippen molar-refractivity contribution in [3.05, 3.63) is 42.0 Å². The second-order valence-corrected chi connectivity index (χ2v) is 5.38. The number of hydrogen-bond donors (Lipinski definition) is 0. The number of likely N-dealkylation sites (tertiary alicyclic amines) is 1. The predicted octanol–water partition coefficient (Wildman–Crippen LogP) is 2.48. The molecule has 3 rings (SSSR count). The molecular weight excluding hydrogens is 327 g/mol. The highest BCUT2D eigenvalue weighted by atomic mass is 19.4. The maximum absolute atomic E-state index is 12.5. The van der Waals surface area contributed by atoms with E-state index in [-0.39, 0.29) is 30.8 Å². The van der Waals surface area contributed by atoms with Crippen LogP contribution in [0.1, 0.15) is 24.1 Å². The summed E-state index contributed by atoms with van der Waals surface area (Å²) in [6.45, 7) is 0.530. The first-order chi connectivity index (χ1) is 11.4. The fourth-order valence-electron chi connectivity index (χ4n) is 2.47. The van der Waals surface area contributed by atoms with Crippen molar-refractivity contribution in [1.29, 1.82) is 0 Å². The Bertz CT molecular complexity index is 703. The lowest BCUT2D eigenvalue weighted by Gasteiger charge is -2.16. The van der Waals surface area contributed by atoms with Crippen molar-refractivity contribution in [3.63, 3.8) is 0 Å². The van der Waals surface area contributed by atoms with Crippen LogP contribution >= 0.6 is 0 Å². The van der Waals surface area contributed by atoms with Crippen molar-refractivity contribution in [2.45, 2.75) is 18.5 Å². The van der Waals surface area contributed by atoms with Crippen molar-refractivity contribution >= 4 is 5.91 Å². The molecule has 1 aromatic carbocycles. The summed E-state index contributed by atoms with van der Waals surface area (Å²) in [7, 11) is 0. The van der Waals surface area contributed by atoms with E-state index in [9.17, 15) is 18.0 Å². The van der Waals surface area contributed by atoms with E-state index in [4.69, 9.17) is 4.74 Å². The van der Waals surface area contributed by atoms with Crippen LogP contribution in [-0.2, 0) is 11.0 Å². The van der Waals surface area contributed by atoms with Gasteiger partial charge in [-0.15, -0.1) is 0 Å². The molecule has 2 heterocycles. The zero-order valence-corrected chi connectivity index (χ0v) is 12.5. The van der Waals surface area contributed by atoms with Crippen molar-refractivity contribution in [2.75, 3.05) is 19.7 Å². The highest BCUT2D eigenvalue weighted by Gasteiger charge is 2.40. The van der Waals surface area contributed by atoms with Crippen LogP contribution in [0.5, 0.6) is 5.75 Å². The second-order valence-electron chi connectivity index (χ2n) is 5.38. The lowest BCUT2D eigenvalue weighted by atomic mass is 10.1. The normalized spacial score (nSPS) is 18.0. The van der Waals surface area contributed by atoms with Gasteiger partial charge in [0.15, 0.2) is 12.4 Å². The molecule has 0 radical (unpaired) electrons. The van der Waals surface area contributed by atoms with E-state index < -0.39 is 12.1 Å². The van der Waals surface area contributed by atoms with Crippen LogP contribution in [-0.4, -0.2) is 40.6 Å². The number of hydrogen-bond acceptors (Lipinski definition) is 5. The van der Waals surface area contributed by atoms with E-state index in [0.717, 1.165) is 0 Å². The van der Waals surface area contributed by atoms with Crippen LogP contribution in [0.2, 0.25) is 0 Å². The van der Waals surface area contributed by atoms with Gasteiger partial charge in [0.2, 0.25) is 0 Å². The Morgan fingerprint density at radius 2 is 2.08 bits per heavy atom. The van der Waals surface area contributed by atoms with Gasteiger partial charge >= 0.3 is 12.1 Å². The number of para-hydroxylation sites is 1. The van der Waals surface area contributed by atoms with Gasteiger partial charge in [-0.2, -0.15) is 18.2 Å². The SMILES string of the molecule is O=C(COc1ccccc1)N1CCC(c2noc(C(F)(F)F)n2)C1. The summed E-state index contributed by atoms with van der Waals surface area (Å²) in [6, 6.07) is 8.89. The molecule has 6 nitrogen and oxygen atoms in total. The van der Waals surface area contributed by atoms with Crippen molar-refractivity contribution < 1.29 is 27.2 Å². The number of aromatic nitrogens is 2. The van der Waals surface area contributed by atoms with Gasteiger partial charge in [-0.25, -0.2) is 0 Å². The first-order valence-corrected chi connectivity index (χ1v) is 7.30. The van der Waals surface area contributed by atoms with E-state index in [1.165, 1.54) is 4.90 Å². The zero-order valence-electron chi connectivity index (χ0n) is 12.5. The quantitative estimate of drug-likeness (QED) is 0.855. The molecule has 9 heteroatoms. The minimum absolute atomic E-state index is 0.0263. The average molecular weight is 341 g/mol. The highest BCUT2D eigenvalue weighted by Crippen LogP contribution is 2.31.